The molecule has 6 heterocycles. The molecule has 49 heavy (non-hydrogen) atoms. The number of fused-ring (bicyclic) bond motifs is 3. The van der Waals surface area contributed by atoms with Gasteiger partial charge in [-0.2, -0.15) is 0 Å². The molecule has 0 radical (unpaired) electrons. The maximum Gasteiger partial charge on any atom is 0.337 e. The number of ether oxygens (including phenoxy) is 3. The fraction of sp³-hybridized carbons (Fsp3) is 0.444. The zero-order valence-electron chi connectivity index (χ0n) is 26.7. The largest absolute Gasteiger partial charge is 0.478 e. The SMILES string of the molecule is O=C(O)c1cc(F)c(-c2cccc3c2OCN(C(=O)c2c(Cl)cc(N4CC5(C4)CN(C4COC4)C5)cc2Cl)C3)cc1N1C2CCC1COC2. The van der Waals surface area contributed by atoms with Gasteiger partial charge in [0.2, 0.25) is 0 Å². The molecule has 1 spiro atoms. The zero-order valence-corrected chi connectivity index (χ0v) is 28.2. The van der Waals surface area contributed by atoms with Crippen LogP contribution in [0.4, 0.5) is 15.8 Å². The molecule has 6 aliphatic rings. The van der Waals surface area contributed by atoms with Crippen LogP contribution in [0.1, 0.15) is 39.1 Å². The van der Waals surface area contributed by atoms with Crippen LogP contribution in [0.3, 0.4) is 0 Å². The molecule has 9 rings (SSSR count). The van der Waals surface area contributed by atoms with E-state index in [1.807, 2.05) is 18.2 Å². The molecule has 0 aromatic heterocycles. The van der Waals surface area contributed by atoms with E-state index in [2.05, 4.69) is 14.7 Å². The lowest BCUT2D eigenvalue weighted by Crippen LogP contribution is -2.75. The molecule has 10 nitrogen and oxygen atoms in total. The Labute approximate surface area is 292 Å². The number of carbonyl (C=O) groups excluding carboxylic acids is 1. The summed E-state index contributed by atoms with van der Waals surface area (Å²) in [7, 11) is 0. The predicted octanol–water partition coefficient (Wildman–Crippen LogP) is 5.38. The zero-order chi connectivity index (χ0) is 33.6. The molecule has 1 N–H and O–H groups in total. The summed E-state index contributed by atoms with van der Waals surface area (Å²) >= 11 is 13.5. The van der Waals surface area contributed by atoms with Crippen molar-refractivity contribution in [1.82, 2.24) is 9.80 Å². The van der Waals surface area contributed by atoms with E-state index < -0.39 is 11.8 Å². The Hall–Kier alpha value is -3.61. The van der Waals surface area contributed by atoms with Crippen LogP contribution >= 0.6 is 23.2 Å². The standard InChI is InChI=1S/C36H35Cl2FN4O6/c37-28-6-23(41-15-36(16-41)17-42(18-36)24-13-48-14-24)7-29(38)32(28)34(44)40-10-20-2-1-3-25(33(20)49-19-40)26-9-31(27(35(45)46)8-30(26)39)43-21-4-5-22(43)12-47-11-21/h1-3,6-9,21-22,24H,4-5,10-19H2,(H,45,46). The van der Waals surface area contributed by atoms with E-state index >= 15 is 4.39 Å². The van der Waals surface area contributed by atoms with Gasteiger partial charge in [0.25, 0.3) is 5.91 Å². The number of amides is 1. The Morgan fingerprint density at radius 1 is 0.878 bits per heavy atom. The van der Waals surface area contributed by atoms with E-state index in [1.165, 1.54) is 4.90 Å². The summed E-state index contributed by atoms with van der Waals surface area (Å²) < 4.78 is 32.9. The second-order valence-corrected chi connectivity index (χ2v) is 15.1. The van der Waals surface area contributed by atoms with Gasteiger partial charge in [0, 0.05) is 54.0 Å². The number of aromatic carboxylic acids is 1. The van der Waals surface area contributed by atoms with Crippen molar-refractivity contribution in [3.8, 4) is 16.9 Å². The predicted molar refractivity (Wildman–Crippen MR) is 182 cm³/mol. The summed E-state index contributed by atoms with van der Waals surface area (Å²) in [5.41, 5.74) is 3.22. The minimum Gasteiger partial charge on any atom is -0.478 e. The molecule has 0 saturated carbocycles. The first-order valence-corrected chi connectivity index (χ1v) is 17.5. The van der Waals surface area contributed by atoms with Crippen molar-refractivity contribution in [2.45, 2.75) is 37.5 Å². The Bertz CT molecular complexity index is 1840. The molecule has 256 valence electrons. The van der Waals surface area contributed by atoms with Crippen molar-refractivity contribution in [3.63, 3.8) is 0 Å². The Balaban J connectivity index is 0.942. The fourth-order valence-corrected chi connectivity index (χ4v) is 9.19. The van der Waals surface area contributed by atoms with Gasteiger partial charge in [-0.15, -0.1) is 0 Å². The lowest BCUT2D eigenvalue weighted by Gasteiger charge is -2.63. The minimum atomic E-state index is -1.18. The van der Waals surface area contributed by atoms with Gasteiger partial charge < -0.3 is 34.0 Å². The number of carboxylic acid groups (broad SMARTS) is 1. The number of hydrogen-bond acceptors (Lipinski definition) is 8. The molecule has 3 aromatic carbocycles. The lowest BCUT2D eigenvalue weighted by atomic mass is 9.71. The van der Waals surface area contributed by atoms with Gasteiger partial charge in [-0.3, -0.25) is 9.69 Å². The third-order valence-electron chi connectivity index (χ3n) is 11.1. The van der Waals surface area contributed by atoms with Crippen molar-refractivity contribution in [2.75, 3.05) is 69.1 Å². The number of carbonyl (C=O) groups is 2. The summed E-state index contributed by atoms with van der Waals surface area (Å²) in [5, 5.41) is 10.6. The number of halogens is 3. The quantitative estimate of drug-likeness (QED) is 0.362. The Morgan fingerprint density at radius 2 is 1.55 bits per heavy atom. The molecule has 0 aliphatic carbocycles. The first-order chi connectivity index (χ1) is 23.7. The third-order valence-corrected chi connectivity index (χ3v) is 11.7. The van der Waals surface area contributed by atoms with E-state index in [0.717, 1.165) is 64.0 Å². The summed E-state index contributed by atoms with van der Waals surface area (Å²) in [5.74, 6) is -1.76. The number of benzene rings is 3. The number of anilines is 2. The number of hydrogen-bond donors (Lipinski definition) is 1. The first-order valence-electron chi connectivity index (χ1n) is 16.7. The summed E-state index contributed by atoms with van der Waals surface area (Å²) in [4.78, 5) is 34.4. The van der Waals surface area contributed by atoms with Gasteiger partial charge in [-0.25, -0.2) is 9.18 Å². The molecule has 2 unspecified atom stereocenters. The molecule has 1 amide bonds. The Kier molecular flexibility index (Phi) is 7.51. The van der Waals surface area contributed by atoms with Gasteiger partial charge in [0.15, 0.2) is 6.73 Å². The third kappa shape index (κ3) is 5.16. The smallest absolute Gasteiger partial charge is 0.337 e. The molecular weight excluding hydrogens is 674 g/mol. The maximum atomic E-state index is 15.7. The number of para-hydroxylation sites is 1. The first kappa shape index (κ1) is 31.4. The fourth-order valence-electron chi connectivity index (χ4n) is 8.55. The highest BCUT2D eigenvalue weighted by Gasteiger charge is 2.54. The summed E-state index contributed by atoms with van der Waals surface area (Å²) in [6.45, 7) is 6.75. The number of morpholine rings is 1. The summed E-state index contributed by atoms with van der Waals surface area (Å²) in [6, 6.07) is 12.3. The topological polar surface area (TPSA) is 95.0 Å². The lowest BCUT2D eigenvalue weighted by molar-refractivity contribution is -0.137. The van der Waals surface area contributed by atoms with Crippen molar-refractivity contribution >= 4 is 46.5 Å². The van der Waals surface area contributed by atoms with Crippen molar-refractivity contribution < 1.29 is 33.3 Å². The molecule has 2 atom stereocenters. The van der Waals surface area contributed by atoms with Gasteiger partial charge in [-0.1, -0.05) is 41.4 Å². The normalized spacial score (nSPS) is 24.2. The molecule has 5 fully saturated rings. The molecule has 5 saturated heterocycles. The highest BCUT2D eigenvalue weighted by molar-refractivity contribution is 6.40. The van der Waals surface area contributed by atoms with Gasteiger partial charge in [0.05, 0.1) is 78.0 Å². The van der Waals surface area contributed by atoms with Crippen LogP contribution in [0.2, 0.25) is 10.0 Å². The second kappa shape index (κ2) is 11.7. The van der Waals surface area contributed by atoms with Crippen LogP contribution in [0.25, 0.3) is 11.1 Å². The van der Waals surface area contributed by atoms with Crippen molar-refractivity contribution in [1.29, 1.82) is 0 Å². The Morgan fingerprint density at radius 3 is 2.20 bits per heavy atom. The van der Waals surface area contributed by atoms with Crippen LogP contribution in [-0.4, -0.2) is 104 Å². The highest BCUT2D eigenvalue weighted by atomic mass is 35.5. The van der Waals surface area contributed by atoms with Crippen LogP contribution in [-0.2, 0) is 16.0 Å². The van der Waals surface area contributed by atoms with Crippen LogP contribution in [0.15, 0.2) is 42.5 Å². The molecule has 13 heteroatoms. The number of nitrogens with zero attached hydrogens (tertiary/aromatic N) is 4. The van der Waals surface area contributed by atoms with Crippen molar-refractivity contribution in [2.24, 2.45) is 5.41 Å². The van der Waals surface area contributed by atoms with Gasteiger partial charge in [0.1, 0.15) is 11.6 Å². The van der Waals surface area contributed by atoms with E-state index in [4.69, 9.17) is 37.4 Å². The number of likely N-dealkylation sites (tertiary alicyclic amines) is 1. The van der Waals surface area contributed by atoms with E-state index in [1.54, 1.807) is 18.2 Å². The van der Waals surface area contributed by atoms with E-state index in [9.17, 15) is 14.7 Å². The van der Waals surface area contributed by atoms with E-state index in [-0.39, 0.29) is 58.0 Å². The van der Waals surface area contributed by atoms with Gasteiger partial charge >= 0.3 is 5.97 Å². The monoisotopic (exact) mass is 708 g/mol. The molecular formula is C36H35Cl2FN4O6. The summed E-state index contributed by atoms with van der Waals surface area (Å²) in [6.07, 6.45) is 1.77. The van der Waals surface area contributed by atoms with E-state index in [0.29, 0.717) is 47.2 Å². The average Bonchev–Trinajstić information content (AvgIpc) is 3.26. The molecule has 2 bridgehead atoms. The second-order valence-electron chi connectivity index (χ2n) is 14.3. The number of rotatable bonds is 6. The minimum absolute atomic E-state index is 0.0344. The average molecular weight is 710 g/mol. The molecule has 3 aromatic rings. The van der Waals surface area contributed by atoms with Crippen LogP contribution in [0, 0.1) is 11.2 Å². The van der Waals surface area contributed by atoms with Crippen molar-refractivity contribution in [3.05, 3.63) is 75.0 Å². The maximum absolute atomic E-state index is 15.7. The highest BCUT2D eigenvalue weighted by Crippen LogP contribution is 2.46. The van der Waals surface area contributed by atoms with Gasteiger partial charge in [-0.05, 0) is 37.1 Å². The van der Waals surface area contributed by atoms with Crippen LogP contribution < -0.4 is 14.5 Å². The van der Waals surface area contributed by atoms with Crippen LogP contribution in [0.5, 0.6) is 5.75 Å². The molecule has 6 aliphatic heterocycles. The number of carboxylic acids is 1.